The Morgan fingerprint density at radius 1 is 1.12 bits per heavy atom. The molecule has 0 spiro atoms. The molecule has 0 unspecified atom stereocenters. The summed E-state index contributed by atoms with van der Waals surface area (Å²) in [5, 5.41) is 7.09. The molecule has 0 bridgehead atoms. The fourth-order valence-corrected chi connectivity index (χ4v) is 5.33. The number of aliphatic imine (C=N–C) groups is 1. The average molecular weight is 362 g/mol. The molecule has 3 aliphatic rings. The first-order valence-corrected chi connectivity index (χ1v) is 10.7. The average Bonchev–Trinajstić information content (AvgIpc) is 3.54. The highest BCUT2D eigenvalue weighted by Gasteiger charge is 2.34. The van der Waals surface area contributed by atoms with Crippen LogP contribution in [0, 0.1) is 0 Å². The van der Waals surface area contributed by atoms with E-state index in [4.69, 9.17) is 10.1 Å². The molecule has 2 saturated carbocycles. The van der Waals surface area contributed by atoms with Crippen LogP contribution in [-0.2, 0) is 6.42 Å². The van der Waals surface area contributed by atoms with E-state index >= 15 is 0 Å². The van der Waals surface area contributed by atoms with Gasteiger partial charge in [0.2, 0.25) is 0 Å². The molecule has 0 atom stereocenters. The molecular formula is C22H23N3S. The summed E-state index contributed by atoms with van der Waals surface area (Å²) in [6, 6.07) is 7.07. The molecule has 0 saturated heterocycles. The first-order valence-electron chi connectivity index (χ1n) is 9.78. The van der Waals surface area contributed by atoms with Crippen LogP contribution in [0.5, 0.6) is 0 Å². The van der Waals surface area contributed by atoms with Gasteiger partial charge in [-0.2, -0.15) is 5.10 Å². The third-order valence-corrected chi connectivity index (χ3v) is 6.93. The van der Waals surface area contributed by atoms with E-state index in [1.165, 1.54) is 58.5 Å². The predicted molar refractivity (Wildman–Crippen MR) is 107 cm³/mol. The molecule has 0 aromatic carbocycles. The molecule has 4 heteroatoms. The Labute approximate surface area is 157 Å². The van der Waals surface area contributed by atoms with E-state index < -0.39 is 0 Å². The van der Waals surface area contributed by atoms with Crippen molar-refractivity contribution in [3.05, 3.63) is 57.0 Å². The number of thiophene rings is 1. The van der Waals surface area contributed by atoms with E-state index in [1.54, 1.807) is 0 Å². The number of rotatable bonds is 3. The van der Waals surface area contributed by atoms with Crippen molar-refractivity contribution in [3.63, 3.8) is 0 Å². The topological polar surface area (TPSA) is 29.7 Å². The van der Waals surface area contributed by atoms with Crippen molar-refractivity contribution in [2.45, 2.75) is 63.3 Å². The minimum absolute atomic E-state index is 0.0456. The monoisotopic (exact) mass is 361 g/mol. The molecule has 3 aromatic rings. The number of fused-ring (bicyclic) bond motifs is 2. The molecule has 0 N–H and O–H groups in total. The van der Waals surface area contributed by atoms with Crippen LogP contribution in [0.4, 0.5) is 0 Å². The highest BCUT2D eigenvalue weighted by atomic mass is 32.1. The van der Waals surface area contributed by atoms with Crippen LogP contribution in [0.2, 0.25) is 0 Å². The summed E-state index contributed by atoms with van der Waals surface area (Å²) >= 11 is 1.81. The molecule has 3 nitrogen and oxygen atoms in total. The Balaban J connectivity index is 1.55. The Morgan fingerprint density at radius 2 is 1.92 bits per heavy atom. The van der Waals surface area contributed by atoms with Crippen molar-refractivity contribution < 1.29 is 0 Å². The summed E-state index contributed by atoms with van der Waals surface area (Å²) < 4.78 is 2.22. The van der Waals surface area contributed by atoms with Gasteiger partial charge in [-0.05, 0) is 86.6 Å². The minimum atomic E-state index is -0.0456. The van der Waals surface area contributed by atoms with Gasteiger partial charge in [-0.3, -0.25) is 4.99 Å². The maximum atomic E-state index is 5.13. The Bertz CT molecular complexity index is 1060. The van der Waals surface area contributed by atoms with E-state index in [0.717, 1.165) is 24.0 Å². The molecule has 26 heavy (non-hydrogen) atoms. The van der Waals surface area contributed by atoms with Crippen molar-refractivity contribution >= 4 is 22.6 Å². The van der Waals surface area contributed by atoms with Crippen LogP contribution >= 0.6 is 11.3 Å². The van der Waals surface area contributed by atoms with E-state index in [0.29, 0.717) is 0 Å². The van der Waals surface area contributed by atoms with Crippen LogP contribution in [0.1, 0.15) is 78.6 Å². The lowest BCUT2D eigenvalue weighted by Crippen LogP contribution is -2.28. The van der Waals surface area contributed by atoms with Crippen molar-refractivity contribution in [1.82, 2.24) is 9.61 Å². The molecule has 2 aliphatic carbocycles. The number of hydrogen-bond donors (Lipinski definition) is 0. The van der Waals surface area contributed by atoms with E-state index in [1.807, 2.05) is 17.5 Å². The predicted octanol–water partition coefficient (Wildman–Crippen LogP) is 5.32. The van der Waals surface area contributed by atoms with E-state index in [9.17, 15) is 0 Å². The molecule has 4 heterocycles. The number of aromatic nitrogens is 2. The van der Waals surface area contributed by atoms with Crippen molar-refractivity contribution in [2.75, 3.05) is 0 Å². The quantitative estimate of drug-likeness (QED) is 0.620. The third-order valence-electron chi connectivity index (χ3n) is 5.96. The molecule has 0 amide bonds. The van der Waals surface area contributed by atoms with Crippen molar-refractivity contribution in [2.24, 2.45) is 4.99 Å². The zero-order valence-corrected chi connectivity index (χ0v) is 16.1. The highest BCUT2D eigenvalue weighted by molar-refractivity contribution is 7.12. The van der Waals surface area contributed by atoms with Gasteiger partial charge >= 0.3 is 0 Å². The van der Waals surface area contributed by atoms with Gasteiger partial charge < -0.3 is 0 Å². The Kier molecular flexibility index (Phi) is 2.95. The molecule has 2 fully saturated rings. The lowest BCUT2D eigenvalue weighted by molar-refractivity contribution is 0.515. The van der Waals surface area contributed by atoms with E-state index in [-0.39, 0.29) is 5.54 Å². The number of nitrogens with zero attached hydrogens (tertiary/aromatic N) is 3. The lowest BCUT2D eigenvalue weighted by Gasteiger charge is -2.27. The summed E-state index contributed by atoms with van der Waals surface area (Å²) in [6.45, 7) is 4.47. The summed E-state index contributed by atoms with van der Waals surface area (Å²) in [6.07, 6.45) is 8.36. The minimum Gasteiger partial charge on any atom is -0.277 e. The summed E-state index contributed by atoms with van der Waals surface area (Å²) in [5.41, 5.74) is 7.96. The van der Waals surface area contributed by atoms with Gasteiger partial charge in [0.15, 0.2) is 0 Å². The summed E-state index contributed by atoms with van der Waals surface area (Å²) in [7, 11) is 0. The molecule has 3 aromatic heterocycles. The Hall–Kier alpha value is -1.94. The zero-order valence-electron chi connectivity index (χ0n) is 15.3. The number of hydrogen-bond acceptors (Lipinski definition) is 3. The fourth-order valence-electron chi connectivity index (χ4n) is 4.39. The maximum Gasteiger partial charge on any atom is 0.0845 e. The molecule has 132 valence electrons. The molecular weight excluding hydrogens is 338 g/mol. The van der Waals surface area contributed by atoms with Crippen LogP contribution in [0.15, 0.2) is 34.8 Å². The van der Waals surface area contributed by atoms with Gasteiger partial charge in [0.25, 0.3) is 0 Å². The first kappa shape index (κ1) is 15.2. The second kappa shape index (κ2) is 5.07. The molecule has 0 radical (unpaired) electrons. The highest BCUT2D eigenvalue weighted by Crippen LogP contribution is 2.47. The fraction of sp³-hybridized carbons (Fsp3) is 0.455. The lowest BCUT2D eigenvalue weighted by atomic mass is 9.90. The molecule has 6 rings (SSSR count). The van der Waals surface area contributed by atoms with Gasteiger partial charge in [0.1, 0.15) is 0 Å². The van der Waals surface area contributed by atoms with Crippen LogP contribution in [-0.4, -0.2) is 20.9 Å². The summed E-state index contributed by atoms with van der Waals surface area (Å²) in [4.78, 5) is 6.46. The van der Waals surface area contributed by atoms with E-state index in [2.05, 4.69) is 41.9 Å². The largest absolute Gasteiger partial charge is 0.277 e. The first-order chi connectivity index (χ1) is 12.6. The van der Waals surface area contributed by atoms with Crippen LogP contribution in [0.3, 0.4) is 0 Å². The normalized spacial score (nSPS) is 21.7. The Morgan fingerprint density at radius 3 is 2.69 bits per heavy atom. The van der Waals surface area contributed by atoms with Crippen molar-refractivity contribution in [1.29, 1.82) is 0 Å². The molecule has 1 aliphatic heterocycles. The SMILES string of the molecule is CC1(C)Cc2ccsc2C(c2cnn3c(C4CC4)cc(C4CC4)c3c2)=N1. The van der Waals surface area contributed by atoms with Crippen molar-refractivity contribution in [3.8, 4) is 0 Å². The van der Waals surface area contributed by atoms with Gasteiger partial charge in [-0.25, -0.2) is 4.52 Å². The van der Waals surface area contributed by atoms with Gasteiger partial charge in [-0.1, -0.05) is 0 Å². The van der Waals surface area contributed by atoms with Gasteiger partial charge in [-0.15, -0.1) is 11.3 Å². The zero-order chi connectivity index (χ0) is 17.5. The summed E-state index contributed by atoms with van der Waals surface area (Å²) in [5.74, 6) is 1.47. The maximum absolute atomic E-state index is 5.13. The second-order valence-corrected chi connectivity index (χ2v) is 9.76. The van der Waals surface area contributed by atoms with Crippen LogP contribution < -0.4 is 0 Å². The van der Waals surface area contributed by atoms with Gasteiger partial charge in [0.05, 0.1) is 27.8 Å². The standard InChI is InChI=1S/C22H23N3S/c1-22(2)11-15-7-8-26-21(15)20(24-22)16-9-19-17(13-3-4-13)10-18(14-5-6-14)25(19)23-12-16/h7-10,12-14H,3-6,11H2,1-2H3. The van der Waals surface area contributed by atoms with Crippen LogP contribution in [0.25, 0.3) is 5.52 Å². The second-order valence-electron chi connectivity index (χ2n) is 8.84. The third kappa shape index (κ3) is 2.31. The van der Waals surface area contributed by atoms with Gasteiger partial charge in [0, 0.05) is 17.2 Å². The smallest absolute Gasteiger partial charge is 0.0845 e.